The number of hydrogen-bond acceptors (Lipinski definition) is 4. The second kappa shape index (κ2) is 7.33. The third-order valence-electron chi connectivity index (χ3n) is 3.94. The number of benzene rings is 1. The van der Waals surface area contributed by atoms with Crippen LogP contribution in [0.1, 0.15) is 32.3 Å². The van der Waals surface area contributed by atoms with Crippen molar-refractivity contribution in [2.24, 2.45) is 0 Å². The molecule has 0 aliphatic carbocycles. The van der Waals surface area contributed by atoms with Gasteiger partial charge in [-0.2, -0.15) is 0 Å². The smallest absolute Gasteiger partial charge is 0.283 e. The third kappa shape index (κ3) is 4.49. The number of halogens is 1. The van der Waals surface area contributed by atoms with Crippen LogP contribution < -0.4 is 5.32 Å². The molecule has 5 nitrogen and oxygen atoms in total. The standard InChI is InChI=1S/C15H22BrN3O2/c1-11(2)18(10-13-4-3-7-17-13)9-12-5-6-14(16)15(8-12)19(20)21/h5-6,8,11,13,17H,3-4,7,9-10H2,1-2H3. The molecule has 1 aromatic rings. The maximum atomic E-state index is 11.0. The molecule has 0 radical (unpaired) electrons. The molecule has 1 N–H and O–H groups in total. The highest BCUT2D eigenvalue weighted by Gasteiger charge is 2.21. The quantitative estimate of drug-likeness (QED) is 0.628. The highest BCUT2D eigenvalue weighted by Crippen LogP contribution is 2.26. The molecule has 1 aliphatic rings. The molecular weight excluding hydrogens is 334 g/mol. The van der Waals surface area contributed by atoms with E-state index in [1.807, 2.05) is 6.07 Å². The van der Waals surface area contributed by atoms with E-state index in [-0.39, 0.29) is 10.6 Å². The van der Waals surface area contributed by atoms with Gasteiger partial charge in [0, 0.05) is 31.2 Å². The molecule has 1 fully saturated rings. The normalized spacial score (nSPS) is 18.6. The van der Waals surface area contributed by atoms with Crippen LogP contribution in [-0.2, 0) is 6.54 Å². The van der Waals surface area contributed by atoms with Gasteiger partial charge in [-0.3, -0.25) is 15.0 Å². The van der Waals surface area contributed by atoms with E-state index < -0.39 is 0 Å². The van der Waals surface area contributed by atoms with E-state index in [9.17, 15) is 10.1 Å². The first-order valence-electron chi connectivity index (χ1n) is 7.37. The summed E-state index contributed by atoms with van der Waals surface area (Å²) in [4.78, 5) is 13.1. The molecule has 6 heteroatoms. The summed E-state index contributed by atoms with van der Waals surface area (Å²) in [5.41, 5.74) is 1.12. The second-order valence-electron chi connectivity index (χ2n) is 5.86. The van der Waals surface area contributed by atoms with Gasteiger partial charge in [-0.15, -0.1) is 0 Å². The minimum Gasteiger partial charge on any atom is -0.313 e. The summed E-state index contributed by atoms with van der Waals surface area (Å²) >= 11 is 3.23. The van der Waals surface area contributed by atoms with E-state index in [2.05, 4.69) is 40.0 Å². The van der Waals surface area contributed by atoms with Gasteiger partial charge in [0.25, 0.3) is 5.69 Å². The number of nitro groups is 1. The van der Waals surface area contributed by atoms with Crippen LogP contribution in [0.2, 0.25) is 0 Å². The van der Waals surface area contributed by atoms with Crippen LogP contribution in [0.15, 0.2) is 22.7 Å². The van der Waals surface area contributed by atoms with E-state index in [0.717, 1.165) is 25.2 Å². The Kier molecular flexibility index (Phi) is 5.72. The first-order chi connectivity index (χ1) is 9.97. The molecule has 116 valence electrons. The largest absolute Gasteiger partial charge is 0.313 e. The third-order valence-corrected chi connectivity index (χ3v) is 4.61. The fourth-order valence-corrected chi connectivity index (χ4v) is 3.08. The first-order valence-corrected chi connectivity index (χ1v) is 8.17. The molecule has 0 spiro atoms. The Morgan fingerprint density at radius 2 is 2.29 bits per heavy atom. The van der Waals surface area contributed by atoms with Gasteiger partial charge in [0.05, 0.1) is 9.40 Å². The molecule has 1 saturated heterocycles. The van der Waals surface area contributed by atoms with Crippen LogP contribution in [0, 0.1) is 10.1 Å². The monoisotopic (exact) mass is 355 g/mol. The van der Waals surface area contributed by atoms with E-state index in [0.29, 0.717) is 16.6 Å². The van der Waals surface area contributed by atoms with Gasteiger partial charge in [0.2, 0.25) is 0 Å². The average Bonchev–Trinajstić information content (AvgIpc) is 2.92. The van der Waals surface area contributed by atoms with Crippen molar-refractivity contribution in [3.05, 3.63) is 38.3 Å². The lowest BCUT2D eigenvalue weighted by molar-refractivity contribution is -0.385. The van der Waals surface area contributed by atoms with Crippen molar-refractivity contribution in [1.29, 1.82) is 0 Å². The van der Waals surface area contributed by atoms with Gasteiger partial charge in [-0.1, -0.05) is 6.07 Å². The zero-order chi connectivity index (χ0) is 15.4. The maximum absolute atomic E-state index is 11.0. The van der Waals surface area contributed by atoms with Crippen molar-refractivity contribution in [1.82, 2.24) is 10.2 Å². The van der Waals surface area contributed by atoms with E-state index in [1.165, 1.54) is 12.8 Å². The lowest BCUT2D eigenvalue weighted by Crippen LogP contribution is -2.40. The highest BCUT2D eigenvalue weighted by molar-refractivity contribution is 9.10. The van der Waals surface area contributed by atoms with Crippen LogP contribution in [0.25, 0.3) is 0 Å². The summed E-state index contributed by atoms with van der Waals surface area (Å²) in [6, 6.07) is 6.34. The molecular formula is C15H22BrN3O2. The van der Waals surface area contributed by atoms with E-state index in [4.69, 9.17) is 0 Å². The number of nitrogens with one attached hydrogen (secondary N) is 1. The van der Waals surface area contributed by atoms with Gasteiger partial charge in [0.15, 0.2) is 0 Å². The minimum atomic E-state index is -0.341. The molecule has 21 heavy (non-hydrogen) atoms. The molecule has 0 bridgehead atoms. The lowest BCUT2D eigenvalue weighted by Gasteiger charge is -2.29. The Bertz CT molecular complexity index is 502. The van der Waals surface area contributed by atoms with Crippen molar-refractivity contribution in [2.75, 3.05) is 13.1 Å². The zero-order valence-electron chi connectivity index (χ0n) is 12.5. The Hall–Kier alpha value is -0.980. The Morgan fingerprint density at radius 3 is 2.86 bits per heavy atom. The SMILES string of the molecule is CC(C)N(Cc1ccc(Br)c([N+](=O)[O-])c1)CC1CCCN1. The summed E-state index contributed by atoms with van der Waals surface area (Å²) in [6.45, 7) is 7.16. The molecule has 0 aromatic heterocycles. The summed E-state index contributed by atoms with van der Waals surface area (Å²) in [7, 11) is 0. The zero-order valence-corrected chi connectivity index (χ0v) is 14.1. The number of nitrogens with zero attached hydrogens (tertiary/aromatic N) is 2. The van der Waals surface area contributed by atoms with Crippen molar-refractivity contribution in [2.45, 2.75) is 45.3 Å². The Balaban J connectivity index is 2.09. The van der Waals surface area contributed by atoms with Gasteiger partial charge in [-0.05, 0) is 60.8 Å². The van der Waals surface area contributed by atoms with E-state index >= 15 is 0 Å². The molecule has 1 aromatic carbocycles. The summed E-state index contributed by atoms with van der Waals surface area (Å²) in [6.07, 6.45) is 2.45. The summed E-state index contributed by atoms with van der Waals surface area (Å²) in [5.74, 6) is 0. The van der Waals surface area contributed by atoms with Gasteiger partial charge >= 0.3 is 0 Å². The molecule has 1 heterocycles. The van der Waals surface area contributed by atoms with Gasteiger partial charge in [-0.25, -0.2) is 0 Å². The molecule has 1 aliphatic heterocycles. The van der Waals surface area contributed by atoms with Gasteiger partial charge < -0.3 is 5.32 Å². The molecule has 1 unspecified atom stereocenters. The Morgan fingerprint density at radius 1 is 1.52 bits per heavy atom. The van der Waals surface area contributed by atoms with Crippen LogP contribution in [0.5, 0.6) is 0 Å². The van der Waals surface area contributed by atoms with Crippen molar-refractivity contribution in [3.8, 4) is 0 Å². The van der Waals surface area contributed by atoms with Crippen LogP contribution in [-0.4, -0.2) is 35.0 Å². The molecule has 1 atom stereocenters. The summed E-state index contributed by atoms with van der Waals surface area (Å²) < 4.78 is 0.532. The second-order valence-corrected chi connectivity index (χ2v) is 6.71. The topological polar surface area (TPSA) is 58.4 Å². The number of rotatable bonds is 6. The fourth-order valence-electron chi connectivity index (χ4n) is 2.68. The predicted octanol–water partition coefficient (Wildman–Crippen LogP) is 3.32. The minimum absolute atomic E-state index is 0.134. The summed E-state index contributed by atoms with van der Waals surface area (Å²) in [5, 5.41) is 14.5. The molecule has 2 rings (SSSR count). The van der Waals surface area contributed by atoms with Crippen LogP contribution in [0.3, 0.4) is 0 Å². The first kappa shape index (κ1) is 16.4. The van der Waals surface area contributed by atoms with Crippen molar-refractivity contribution < 1.29 is 4.92 Å². The fraction of sp³-hybridized carbons (Fsp3) is 0.600. The molecule has 0 amide bonds. The van der Waals surface area contributed by atoms with E-state index in [1.54, 1.807) is 12.1 Å². The molecule has 0 saturated carbocycles. The van der Waals surface area contributed by atoms with Crippen molar-refractivity contribution in [3.63, 3.8) is 0 Å². The lowest BCUT2D eigenvalue weighted by atomic mass is 10.1. The number of hydrogen-bond donors (Lipinski definition) is 1. The predicted molar refractivity (Wildman–Crippen MR) is 87.4 cm³/mol. The maximum Gasteiger partial charge on any atom is 0.283 e. The number of nitro benzene ring substituents is 1. The van der Waals surface area contributed by atoms with Crippen LogP contribution in [0.4, 0.5) is 5.69 Å². The highest BCUT2D eigenvalue weighted by atomic mass is 79.9. The van der Waals surface area contributed by atoms with Gasteiger partial charge in [0.1, 0.15) is 0 Å². The Labute approximate surface area is 134 Å². The van der Waals surface area contributed by atoms with Crippen LogP contribution >= 0.6 is 15.9 Å². The van der Waals surface area contributed by atoms with Crippen molar-refractivity contribution >= 4 is 21.6 Å². The average molecular weight is 356 g/mol.